The van der Waals surface area contributed by atoms with E-state index in [1.54, 1.807) is 0 Å². The van der Waals surface area contributed by atoms with E-state index in [4.69, 9.17) is 11.6 Å². The SMILES string of the molecule is O=c1c(Cl)c(N2CCCC(N3CCCCCC3)C2)cnn1-c1ccc(F)cc1F. The van der Waals surface area contributed by atoms with Crippen LogP contribution < -0.4 is 10.5 Å². The lowest BCUT2D eigenvalue weighted by Gasteiger charge is -2.40. The molecule has 156 valence electrons. The van der Waals surface area contributed by atoms with Gasteiger partial charge in [0.25, 0.3) is 5.56 Å². The highest BCUT2D eigenvalue weighted by molar-refractivity contribution is 6.33. The van der Waals surface area contributed by atoms with Gasteiger partial charge < -0.3 is 4.90 Å². The Morgan fingerprint density at radius 2 is 1.76 bits per heavy atom. The molecule has 0 bridgehead atoms. The smallest absolute Gasteiger partial charge is 0.292 e. The van der Waals surface area contributed by atoms with Crippen LogP contribution in [0.1, 0.15) is 38.5 Å². The van der Waals surface area contributed by atoms with Crippen LogP contribution in [0.15, 0.2) is 29.2 Å². The first-order valence-electron chi connectivity index (χ1n) is 10.3. The topological polar surface area (TPSA) is 41.4 Å². The van der Waals surface area contributed by atoms with Crippen molar-refractivity contribution in [3.05, 3.63) is 51.4 Å². The van der Waals surface area contributed by atoms with Gasteiger partial charge >= 0.3 is 0 Å². The van der Waals surface area contributed by atoms with Gasteiger partial charge in [-0.25, -0.2) is 8.78 Å². The summed E-state index contributed by atoms with van der Waals surface area (Å²) in [5.74, 6) is -1.57. The van der Waals surface area contributed by atoms with Crippen LogP contribution in [0, 0.1) is 11.6 Å². The fourth-order valence-corrected chi connectivity index (χ4v) is 4.65. The molecule has 0 saturated carbocycles. The zero-order chi connectivity index (χ0) is 20.4. The van der Waals surface area contributed by atoms with E-state index in [-0.39, 0.29) is 10.7 Å². The molecule has 0 radical (unpaired) electrons. The number of piperidine rings is 1. The fourth-order valence-electron chi connectivity index (χ4n) is 4.40. The molecule has 1 aromatic carbocycles. The number of aromatic nitrogens is 2. The van der Waals surface area contributed by atoms with E-state index in [0.29, 0.717) is 11.7 Å². The summed E-state index contributed by atoms with van der Waals surface area (Å²) < 4.78 is 28.2. The van der Waals surface area contributed by atoms with Gasteiger partial charge in [0.1, 0.15) is 16.5 Å². The fraction of sp³-hybridized carbons (Fsp3) is 0.524. The Bertz CT molecular complexity index is 927. The van der Waals surface area contributed by atoms with E-state index in [0.717, 1.165) is 55.8 Å². The molecule has 3 heterocycles. The number of rotatable bonds is 3. The van der Waals surface area contributed by atoms with Crippen molar-refractivity contribution in [3.63, 3.8) is 0 Å². The molecule has 0 spiro atoms. The van der Waals surface area contributed by atoms with Crippen LogP contribution in [-0.4, -0.2) is 46.9 Å². The van der Waals surface area contributed by atoms with Crippen LogP contribution in [0.25, 0.3) is 5.69 Å². The Kier molecular flexibility index (Phi) is 6.15. The predicted octanol–water partition coefficient (Wildman–Crippen LogP) is 4.01. The third-order valence-corrected chi connectivity index (χ3v) is 6.29. The molecule has 2 fully saturated rings. The summed E-state index contributed by atoms with van der Waals surface area (Å²) in [6.45, 7) is 3.85. The number of halogens is 3. The van der Waals surface area contributed by atoms with Crippen molar-refractivity contribution in [2.75, 3.05) is 31.1 Å². The van der Waals surface area contributed by atoms with E-state index in [1.165, 1.54) is 37.9 Å². The molecule has 2 aliphatic heterocycles. The second kappa shape index (κ2) is 8.79. The minimum atomic E-state index is -0.859. The Morgan fingerprint density at radius 1 is 1.00 bits per heavy atom. The van der Waals surface area contributed by atoms with Crippen LogP contribution in [0.2, 0.25) is 5.02 Å². The Labute approximate surface area is 173 Å². The standard InChI is InChI=1S/C21H25ClF2N4O/c22-20-19(13-25-28(21(20)29)18-8-7-15(23)12-17(18)24)27-11-5-6-16(14-27)26-9-3-1-2-4-10-26/h7-8,12-13,16H,1-6,9-11,14H2. The molecule has 0 aliphatic carbocycles. The van der Waals surface area contributed by atoms with Gasteiger partial charge in [-0.1, -0.05) is 24.4 Å². The van der Waals surface area contributed by atoms with Gasteiger partial charge in [0, 0.05) is 25.2 Å². The van der Waals surface area contributed by atoms with Crippen LogP contribution in [0.4, 0.5) is 14.5 Å². The quantitative estimate of drug-likeness (QED) is 0.749. The average molecular weight is 423 g/mol. The van der Waals surface area contributed by atoms with E-state index < -0.39 is 17.2 Å². The van der Waals surface area contributed by atoms with Crippen molar-refractivity contribution in [3.8, 4) is 5.69 Å². The second-order valence-electron chi connectivity index (χ2n) is 7.85. The largest absolute Gasteiger partial charge is 0.367 e. The van der Waals surface area contributed by atoms with Gasteiger partial charge in [-0.15, -0.1) is 0 Å². The molecule has 0 N–H and O–H groups in total. The monoisotopic (exact) mass is 422 g/mol. The second-order valence-corrected chi connectivity index (χ2v) is 8.23. The summed E-state index contributed by atoms with van der Waals surface area (Å²) in [5, 5.41) is 4.14. The molecular weight excluding hydrogens is 398 g/mol. The minimum Gasteiger partial charge on any atom is -0.367 e. The molecule has 5 nitrogen and oxygen atoms in total. The van der Waals surface area contributed by atoms with Crippen molar-refractivity contribution in [1.29, 1.82) is 0 Å². The number of likely N-dealkylation sites (tertiary alicyclic amines) is 1. The maximum Gasteiger partial charge on any atom is 0.292 e. The van der Waals surface area contributed by atoms with Gasteiger partial charge in [-0.3, -0.25) is 9.69 Å². The predicted molar refractivity (Wildman–Crippen MR) is 110 cm³/mol. The summed E-state index contributed by atoms with van der Waals surface area (Å²) in [4.78, 5) is 17.4. The average Bonchev–Trinajstić information content (AvgIpc) is 3.00. The summed E-state index contributed by atoms with van der Waals surface area (Å²) in [5.41, 5.74) is -0.146. The molecule has 0 amide bonds. The lowest BCUT2D eigenvalue weighted by molar-refractivity contribution is 0.182. The van der Waals surface area contributed by atoms with Crippen LogP contribution in [0.3, 0.4) is 0 Å². The van der Waals surface area contributed by atoms with Gasteiger partial charge in [-0.05, 0) is 50.9 Å². The number of nitrogens with zero attached hydrogens (tertiary/aromatic N) is 4. The van der Waals surface area contributed by atoms with Crippen LogP contribution in [-0.2, 0) is 0 Å². The third-order valence-electron chi connectivity index (χ3n) is 5.93. The van der Waals surface area contributed by atoms with Crippen molar-refractivity contribution in [2.24, 2.45) is 0 Å². The Morgan fingerprint density at radius 3 is 2.48 bits per heavy atom. The molecule has 29 heavy (non-hydrogen) atoms. The molecule has 4 rings (SSSR count). The number of hydrogen-bond acceptors (Lipinski definition) is 4. The molecule has 2 aliphatic rings. The molecule has 1 aromatic heterocycles. The van der Waals surface area contributed by atoms with Crippen molar-refractivity contribution < 1.29 is 8.78 Å². The van der Waals surface area contributed by atoms with Crippen molar-refractivity contribution in [1.82, 2.24) is 14.7 Å². The lowest BCUT2D eigenvalue weighted by atomic mass is 10.0. The molecule has 2 aromatic rings. The summed E-state index contributed by atoms with van der Waals surface area (Å²) >= 11 is 6.40. The first-order valence-corrected chi connectivity index (χ1v) is 10.6. The summed E-state index contributed by atoms with van der Waals surface area (Å²) in [7, 11) is 0. The highest BCUT2D eigenvalue weighted by atomic mass is 35.5. The van der Waals surface area contributed by atoms with Gasteiger partial charge in [0.2, 0.25) is 0 Å². The van der Waals surface area contributed by atoms with E-state index in [2.05, 4.69) is 14.9 Å². The number of anilines is 1. The lowest BCUT2D eigenvalue weighted by Crippen LogP contribution is -2.48. The number of hydrogen-bond donors (Lipinski definition) is 0. The van der Waals surface area contributed by atoms with E-state index in [9.17, 15) is 13.6 Å². The maximum atomic E-state index is 14.1. The third kappa shape index (κ3) is 4.31. The first kappa shape index (κ1) is 20.3. The summed E-state index contributed by atoms with van der Waals surface area (Å²) in [6, 6.07) is 3.44. The molecule has 1 atom stereocenters. The van der Waals surface area contributed by atoms with Crippen LogP contribution in [0.5, 0.6) is 0 Å². The Balaban J connectivity index is 1.58. The highest BCUT2D eigenvalue weighted by Crippen LogP contribution is 2.28. The van der Waals surface area contributed by atoms with Gasteiger partial charge in [0.05, 0.1) is 11.9 Å². The summed E-state index contributed by atoms with van der Waals surface area (Å²) in [6.07, 6.45) is 8.72. The van der Waals surface area contributed by atoms with Crippen molar-refractivity contribution >= 4 is 17.3 Å². The Hall–Kier alpha value is -1.99. The zero-order valence-corrected chi connectivity index (χ0v) is 17.0. The zero-order valence-electron chi connectivity index (χ0n) is 16.3. The highest BCUT2D eigenvalue weighted by Gasteiger charge is 2.28. The molecular formula is C21H25ClF2N4O. The maximum absolute atomic E-state index is 14.1. The normalized spacial score (nSPS) is 21.2. The molecule has 8 heteroatoms. The molecule has 2 saturated heterocycles. The van der Waals surface area contributed by atoms with Gasteiger partial charge in [0.15, 0.2) is 5.82 Å². The van der Waals surface area contributed by atoms with Gasteiger partial charge in [-0.2, -0.15) is 9.78 Å². The van der Waals surface area contributed by atoms with Crippen molar-refractivity contribution in [2.45, 2.75) is 44.6 Å². The van der Waals surface area contributed by atoms with E-state index in [1.807, 2.05) is 0 Å². The molecule has 1 unspecified atom stereocenters. The number of benzene rings is 1. The van der Waals surface area contributed by atoms with Crippen LogP contribution >= 0.6 is 11.6 Å². The first-order chi connectivity index (χ1) is 14.0. The van der Waals surface area contributed by atoms with E-state index >= 15 is 0 Å². The minimum absolute atomic E-state index is 0.0141.